The van der Waals surface area contributed by atoms with E-state index in [1.165, 1.54) is 6.04 Å². The molecule has 0 fully saturated rings. The summed E-state index contributed by atoms with van der Waals surface area (Å²) in [6.07, 6.45) is 1.10. The van der Waals surface area contributed by atoms with Gasteiger partial charge in [-0.3, -0.25) is 0 Å². The highest BCUT2D eigenvalue weighted by atomic mass is 28.4. The molecule has 0 aromatic heterocycles. The molecule has 0 spiro atoms. The normalized spacial score (nSPS) is 12.0. The third kappa shape index (κ3) is 8.68. The first-order chi connectivity index (χ1) is 6.62. The molecule has 3 nitrogen and oxygen atoms in total. The molecule has 0 rings (SSSR count). The number of ether oxygens (including phenoxy) is 2. The summed E-state index contributed by atoms with van der Waals surface area (Å²) in [7, 11) is 0.306. The molecule has 0 aromatic rings. The average Bonchev–Trinajstić information content (AvgIpc) is 2.11. The Bertz CT molecular complexity index is 129. The van der Waals surface area contributed by atoms with E-state index < -0.39 is 8.32 Å². The maximum atomic E-state index is 5.72. The van der Waals surface area contributed by atoms with Gasteiger partial charge in [-0.1, -0.05) is 0 Å². The lowest BCUT2D eigenvalue weighted by atomic mass is 10.5. The molecule has 14 heavy (non-hydrogen) atoms. The van der Waals surface area contributed by atoms with Crippen LogP contribution in [0.2, 0.25) is 19.1 Å². The molecule has 0 heterocycles. The van der Waals surface area contributed by atoms with Gasteiger partial charge in [0.1, 0.15) is 0 Å². The molecule has 0 amide bonds. The molecule has 4 heteroatoms. The molecular formula is C10H24O3Si. The molecule has 0 radical (unpaired) electrons. The second kappa shape index (κ2) is 8.41. The number of methoxy groups -OCH3 is 1. The Morgan fingerprint density at radius 1 is 1.07 bits per heavy atom. The summed E-state index contributed by atoms with van der Waals surface area (Å²) in [5.74, 6) is 0. The molecule has 0 aliphatic heterocycles. The van der Waals surface area contributed by atoms with Gasteiger partial charge in [0.25, 0.3) is 0 Å². The summed E-state index contributed by atoms with van der Waals surface area (Å²) in [4.78, 5) is 0. The van der Waals surface area contributed by atoms with Gasteiger partial charge < -0.3 is 13.9 Å². The zero-order chi connectivity index (χ0) is 10.9. The van der Waals surface area contributed by atoms with Crippen LogP contribution in [0.25, 0.3) is 0 Å². The van der Waals surface area contributed by atoms with Gasteiger partial charge in [0.2, 0.25) is 0 Å². The van der Waals surface area contributed by atoms with Crippen molar-refractivity contribution in [1.82, 2.24) is 0 Å². The van der Waals surface area contributed by atoms with Crippen LogP contribution in [-0.4, -0.2) is 41.9 Å². The maximum Gasteiger partial charge on any atom is 0.186 e. The van der Waals surface area contributed by atoms with Crippen LogP contribution >= 0.6 is 0 Å². The largest absolute Gasteiger partial charge is 0.418 e. The van der Waals surface area contributed by atoms with Crippen molar-refractivity contribution < 1.29 is 13.9 Å². The number of rotatable bonds is 9. The highest BCUT2D eigenvalue weighted by Gasteiger charge is 2.20. The van der Waals surface area contributed by atoms with Crippen molar-refractivity contribution >= 4 is 8.32 Å². The standard InChI is InChI=1S/C10H24O3Si/c1-5-13-14(3,4)10-6-7-12-9-8-11-2/h5-10H2,1-4H3. The first kappa shape index (κ1) is 14.1. The van der Waals surface area contributed by atoms with E-state index >= 15 is 0 Å². The summed E-state index contributed by atoms with van der Waals surface area (Å²) >= 11 is 0. The van der Waals surface area contributed by atoms with Gasteiger partial charge in [-0.05, 0) is 32.5 Å². The van der Waals surface area contributed by atoms with Gasteiger partial charge in [-0.2, -0.15) is 0 Å². The van der Waals surface area contributed by atoms with E-state index in [1.807, 2.05) is 0 Å². The van der Waals surface area contributed by atoms with E-state index in [-0.39, 0.29) is 0 Å². The molecule has 0 atom stereocenters. The van der Waals surface area contributed by atoms with Crippen molar-refractivity contribution in [1.29, 1.82) is 0 Å². The van der Waals surface area contributed by atoms with Crippen molar-refractivity contribution in [2.24, 2.45) is 0 Å². The summed E-state index contributed by atoms with van der Waals surface area (Å²) in [5.41, 5.74) is 0. The molecule has 0 aliphatic rings. The SMILES string of the molecule is CCO[Si](C)(C)CCCOCCOC. The maximum absolute atomic E-state index is 5.72. The fourth-order valence-corrected chi connectivity index (χ4v) is 3.23. The van der Waals surface area contributed by atoms with Crippen molar-refractivity contribution in [3.05, 3.63) is 0 Å². The highest BCUT2D eigenvalue weighted by Crippen LogP contribution is 2.13. The molecule has 0 aliphatic carbocycles. The third-order valence-electron chi connectivity index (χ3n) is 2.03. The molecular weight excluding hydrogens is 196 g/mol. The fourth-order valence-electron chi connectivity index (χ4n) is 1.31. The molecule has 0 unspecified atom stereocenters. The van der Waals surface area contributed by atoms with Crippen LogP contribution in [0.3, 0.4) is 0 Å². The highest BCUT2D eigenvalue weighted by molar-refractivity contribution is 6.71. The monoisotopic (exact) mass is 220 g/mol. The summed E-state index contributed by atoms with van der Waals surface area (Å²) in [5, 5.41) is 0. The molecule has 86 valence electrons. The van der Waals surface area contributed by atoms with Gasteiger partial charge in [0.05, 0.1) is 13.2 Å². The second-order valence-corrected chi connectivity index (χ2v) is 8.21. The van der Waals surface area contributed by atoms with E-state index in [2.05, 4.69) is 20.0 Å². The topological polar surface area (TPSA) is 27.7 Å². The minimum absolute atomic E-state index is 0.687. The van der Waals surface area contributed by atoms with Crippen molar-refractivity contribution in [2.75, 3.05) is 33.5 Å². The Morgan fingerprint density at radius 3 is 2.36 bits per heavy atom. The summed E-state index contributed by atoms with van der Waals surface area (Å²) < 4.78 is 16.0. The van der Waals surface area contributed by atoms with Crippen molar-refractivity contribution in [2.45, 2.75) is 32.5 Å². The molecule has 0 aromatic carbocycles. The van der Waals surface area contributed by atoms with Crippen LogP contribution < -0.4 is 0 Å². The van der Waals surface area contributed by atoms with E-state index in [9.17, 15) is 0 Å². The van der Waals surface area contributed by atoms with Crippen LogP contribution in [0.15, 0.2) is 0 Å². The van der Waals surface area contributed by atoms with Gasteiger partial charge >= 0.3 is 0 Å². The Labute approximate surface area is 88.9 Å². The summed E-state index contributed by atoms with van der Waals surface area (Å²) in [6.45, 7) is 9.62. The van der Waals surface area contributed by atoms with Gasteiger partial charge in [0.15, 0.2) is 8.32 Å². The Kier molecular flexibility index (Phi) is 8.47. The summed E-state index contributed by atoms with van der Waals surface area (Å²) in [6, 6.07) is 1.17. The third-order valence-corrected chi connectivity index (χ3v) is 4.66. The zero-order valence-electron chi connectivity index (χ0n) is 9.97. The first-order valence-corrected chi connectivity index (χ1v) is 8.44. The van der Waals surface area contributed by atoms with Crippen molar-refractivity contribution in [3.8, 4) is 0 Å². The lowest BCUT2D eigenvalue weighted by molar-refractivity contribution is 0.0705. The average molecular weight is 220 g/mol. The van der Waals surface area contributed by atoms with Crippen LogP contribution in [0.4, 0.5) is 0 Å². The van der Waals surface area contributed by atoms with Gasteiger partial charge in [-0.15, -0.1) is 0 Å². The minimum Gasteiger partial charge on any atom is -0.418 e. The van der Waals surface area contributed by atoms with Crippen LogP contribution in [0.5, 0.6) is 0 Å². The molecule has 0 saturated carbocycles. The second-order valence-electron chi connectivity index (χ2n) is 3.90. The lowest BCUT2D eigenvalue weighted by Gasteiger charge is -2.21. The van der Waals surface area contributed by atoms with E-state index in [4.69, 9.17) is 13.9 Å². The quantitative estimate of drug-likeness (QED) is 0.441. The Hall–Kier alpha value is 0.0969. The van der Waals surface area contributed by atoms with E-state index in [0.717, 1.165) is 19.6 Å². The number of hydrogen-bond donors (Lipinski definition) is 0. The first-order valence-electron chi connectivity index (χ1n) is 5.33. The van der Waals surface area contributed by atoms with E-state index in [1.54, 1.807) is 7.11 Å². The fraction of sp³-hybridized carbons (Fsp3) is 1.00. The predicted molar refractivity (Wildman–Crippen MR) is 61.2 cm³/mol. The Balaban J connectivity index is 3.26. The van der Waals surface area contributed by atoms with Crippen molar-refractivity contribution in [3.63, 3.8) is 0 Å². The zero-order valence-corrected chi connectivity index (χ0v) is 11.0. The smallest absolute Gasteiger partial charge is 0.186 e. The van der Waals surface area contributed by atoms with Gasteiger partial charge in [0, 0.05) is 20.3 Å². The molecule has 0 N–H and O–H groups in total. The Morgan fingerprint density at radius 2 is 1.79 bits per heavy atom. The minimum atomic E-state index is -1.38. The predicted octanol–water partition coefficient (Wildman–Crippen LogP) is 2.28. The van der Waals surface area contributed by atoms with Gasteiger partial charge in [-0.25, -0.2) is 0 Å². The van der Waals surface area contributed by atoms with Crippen LogP contribution in [-0.2, 0) is 13.9 Å². The van der Waals surface area contributed by atoms with E-state index in [0.29, 0.717) is 13.2 Å². The lowest BCUT2D eigenvalue weighted by Crippen LogP contribution is -2.30. The van der Waals surface area contributed by atoms with Crippen LogP contribution in [0, 0.1) is 0 Å². The number of hydrogen-bond acceptors (Lipinski definition) is 3. The molecule has 0 bridgehead atoms. The molecule has 0 saturated heterocycles. The van der Waals surface area contributed by atoms with Crippen LogP contribution in [0.1, 0.15) is 13.3 Å².